The monoisotopic (exact) mass is 227 g/mol. The van der Waals surface area contributed by atoms with E-state index in [0.717, 1.165) is 13.1 Å². The van der Waals surface area contributed by atoms with Gasteiger partial charge in [-0.25, -0.2) is 0 Å². The summed E-state index contributed by atoms with van der Waals surface area (Å²) in [6.07, 6.45) is 4.36. The molecule has 0 aliphatic carbocycles. The van der Waals surface area contributed by atoms with E-state index in [2.05, 4.69) is 11.8 Å². The Labute approximate surface area is 99.1 Å². The van der Waals surface area contributed by atoms with Gasteiger partial charge in [-0.15, -0.1) is 0 Å². The summed E-state index contributed by atoms with van der Waals surface area (Å²) in [7, 11) is 0. The maximum Gasteiger partial charge on any atom is 0.307 e. The lowest BCUT2D eigenvalue weighted by Crippen LogP contribution is -2.39. The minimum atomic E-state index is -0.357. The molecule has 1 saturated heterocycles. The summed E-state index contributed by atoms with van der Waals surface area (Å²) < 4.78 is 5.30. The van der Waals surface area contributed by atoms with Crippen LogP contribution in [0.5, 0.6) is 0 Å². The molecular formula is C13H25NO2. The van der Waals surface area contributed by atoms with Crippen LogP contribution >= 0.6 is 0 Å². The van der Waals surface area contributed by atoms with Crippen molar-refractivity contribution in [3.8, 4) is 0 Å². The number of carbonyl (C=O) groups is 1. The lowest BCUT2D eigenvalue weighted by Gasteiger charge is -2.33. The topological polar surface area (TPSA) is 29.5 Å². The molecule has 1 fully saturated rings. The normalized spacial score (nSPS) is 23.1. The maximum atomic E-state index is 11.6. The Hall–Kier alpha value is -0.570. The van der Waals surface area contributed by atoms with Crippen LogP contribution in [0.3, 0.4) is 0 Å². The van der Waals surface area contributed by atoms with Gasteiger partial charge in [-0.05, 0) is 47.1 Å². The molecule has 1 unspecified atom stereocenters. The van der Waals surface area contributed by atoms with Crippen molar-refractivity contribution in [1.29, 1.82) is 0 Å². The van der Waals surface area contributed by atoms with Crippen molar-refractivity contribution in [2.45, 2.75) is 65.0 Å². The number of esters is 1. The van der Waals surface area contributed by atoms with Gasteiger partial charge in [0, 0.05) is 12.6 Å². The molecule has 0 amide bonds. The molecule has 1 aliphatic rings. The minimum absolute atomic E-state index is 0.0785. The molecule has 94 valence electrons. The highest BCUT2D eigenvalue weighted by Crippen LogP contribution is 2.17. The fraction of sp³-hybridized carbons (Fsp3) is 0.923. The minimum Gasteiger partial charge on any atom is -0.460 e. The smallest absolute Gasteiger partial charge is 0.307 e. The molecule has 3 heteroatoms. The molecule has 0 aromatic heterocycles. The van der Waals surface area contributed by atoms with Crippen LogP contribution in [0.25, 0.3) is 0 Å². The third-order valence-corrected chi connectivity index (χ3v) is 2.96. The molecule has 0 aromatic rings. The zero-order valence-electron chi connectivity index (χ0n) is 11.1. The van der Waals surface area contributed by atoms with Gasteiger partial charge in [0.25, 0.3) is 0 Å². The first-order chi connectivity index (χ1) is 7.38. The number of carbonyl (C=O) groups excluding carboxylic acids is 1. The standard InChI is InChI=1S/C13H25NO2/c1-11-7-5-6-9-14(11)10-8-12(15)16-13(2,3)4/h11H,5-10H2,1-4H3. The molecule has 0 bridgehead atoms. The molecule has 0 spiro atoms. The molecule has 0 radical (unpaired) electrons. The van der Waals surface area contributed by atoms with Crippen molar-refractivity contribution < 1.29 is 9.53 Å². The highest BCUT2D eigenvalue weighted by atomic mass is 16.6. The van der Waals surface area contributed by atoms with Crippen LogP contribution in [0, 0.1) is 0 Å². The van der Waals surface area contributed by atoms with Crippen molar-refractivity contribution in [1.82, 2.24) is 4.90 Å². The zero-order valence-corrected chi connectivity index (χ0v) is 11.1. The molecule has 0 aromatic carbocycles. The number of ether oxygens (including phenoxy) is 1. The Kier molecular flexibility index (Phi) is 4.78. The second-order valence-corrected chi connectivity index (χ2v) is 5.72. The van der Waals surface area contributed by atoms with Gasteiger partial charge in [-0.2, -0.15) is 0 Å². The van der Waals surface area contributed by atoms with Gasteiger partial charge in [-0.3, -0.25) is 4.79 Å². The highest BCUT2D eigenvalue weighted by Gasteiger charge is 2.21. The first kappa shape index (κ1) is 13.5. The van der Waals surface area contributed by atoms with E-state index in [-0.39, 0.29) is 11.6 Å². The molecule has 1 rings (SSSR count). The molecule has 1 heterocycles. The van der Waals surface area contributed by atoms with E-state index < -0.39 is 0 Å². The maximum absolute atomic E-state index is 11.6. The molecule has 1 aliphatic heterocycles. The van der Waals surface area contributed by atoms with Crippen molar-refractivity contribution in [2.24, 2.45) is 0 Å². The Balaban J connectivity index is 2.25. The van der Waals surface area contributed by atoms with Crippen molar-refractivity contribution in [3.63, 3.8) is 0 Å². The molecule has 16 heavy (non-hydrogen) atoms. The molecule has 0 N–H and O–H groups in total. The SMILES string of the molecule is CC1CCCCN1CCC(=O)OC(C)(C)C. The molecule has 0 saturated carbocycles. The summed E-state index contributed by atoms with van der Waals surface area (Å²) in [5.41, 5.74) is -0.357. The van der Waals surface area contributed by atoms with Crippen LogP contribution in [0.1, 0.15) is 53.4 Å². The number of piperidine rings is 1. The van der Waals surface area contributed by atoms with Gasteiger partial charge in [0.05, 0.1) is 6.42 Å². The Morgan fingerprint density at radius 3 is 2.62 bits per heavy atom. The van der Waals surface area contributed by atoms with Crippen LogP contribution in [-0.4, -0.2) is 35.6 Å². The number of nitrogens with zero attached hydrogens (tertiary/aromatic N) is 1. The average molecular weight is 227 g/mol. The first-order valence-electron chi connectivity index (χ1n) is 6.34. The van der Waals surface area contributed by atoms with E-state index >= 15 is 0 Å². The summed E-state index contributed by atoms with van der Waals surface area (Å²) in [6.45, 7) is 9.95. The van der Waals surface area contributed by atoms with Gasteiger partial charge in [0.2, 0.25) is 0 Å². The van der Waals surface area contributed by atoms with Crippen LogP contribution in [0.15, 0.2) is 0 Å². The van der Waals surface area contributed by atoms with Gasteiger partial charge in [0.1, 0.15) is 5.60 Å². The predicted octanol–water partition coefficient (Wildman–Crippen LogP) is 2.59. The van der Waals surface area contributed by atoms with Gasteiger partial charge >= 0.3 is 5.97 Å². The van der Waals surface area contributed by atoms with Crippen molar-refractivity contribution >= 4 is 5.97 Å². The Morgan fingerprint density at radius 2 is 2.06 bits per heavy atom. The first-order valence-corrected chi connectivity index (χ1v) is 6.34. The largest absolute Gasteiger partial charge is 0.460 e. The van der Waals surface area contributed by atoms with E-state index in [4.69, 9.17) is 4.74 Å². The van der Waals surface area contributed by atoms with Crippen LogP contribution in [0.2, 0.25) is 0 Å². The van der Waals surface area contributed by atoms with Crippen molar-refractivity contribution in [2.75, 3.05) is 13.1 Å². The van der Waals surface area contributed by atoms with Crippen LogP contribution < -0.4 is 0 Å². The third-order valence-electron chi connectivity index (χ3n) is 2.96. The van der Waals surface area contributed by atoms with E-state index in [0.29, 0.717) is 12.5 Å². The highest BCUT2D eigenvalue weighted by molar-refractivity contribution is 5.70. The van der Waals surface area contributed by atoms with E-state index in [1.165, 1.54) is 19.3 Å². The predicted molar refractivity (Wildman–Crippen MR) is 65.3 cm³/mol. The van der Waals surface area contributed by atoms with Gasteiger partial charge < -0.3 is 9.64 Å². The van der Waals surface area contributed by atoms with Crippen LogP contribution in [-0.2, 0) is 9.53 Å². The molecule has 3 nitrogen and oxygen atoms in total. The number of hydrogen-bond donors (Lipinski definition) is 0. The third kappa shape index (κ3) is 4.97. The van der Waals surface area contributed by atoms with Gasteiger partial charge in [0.15, 0.2) is 0 Å². The summed E-state index contributed by atoms with van der Waals surface area (Å²) in [5, 5.41) is 0. The fourth-order valence-corrected chi connectivity index (χ4v) is 2.12. The summed E-state index contributed by atoms with van der Waals surface area (Å²) in [6, 6.07) is 0.621. The van der Waals surface area contributed by atoms with E-state index in [9.17, 15) is 4.79 Å². The van der Waals surface area contributed by atoms with Crippen LogP contribution in [0.4, 0.5) is 0 Å². The van der Waals surface area contributed by atoms with E-state index in [1.54, 1.807) is 0 Å². The lowest BCUT2D eigenvalue weighted by atomic mass is 10.0. The average Bonchev–Trinajstić information content (AvgIpc) is 2.14. The molecular weight excluding hydrogens is 202 g/mol. The lowest BCUT2D eigenvalue weighted by molar-refractivity contribution is -0.155. The molecule has 1 atom stereocenters. The number of hydrogen-bond acceptors (Lipinski definition) is 3. The van der Waals surface area contributed by atoms with Gasteiger partial charge in [-0.1, -0.05) is 6.42 Å². The number of rotatable bonds is 3. The second-order valence-electron chi connectivity index (χ2n) is 5.72. The summed E-state index contributed by atoms with van der Waals surface area (Å²) >= 11 is 0. The summed E-state index contributed by atoms with van der Waals surface area (Å²) in [5.74, 6) is -0.0785. The number of likely N-dealkylation sites (tertiary alicyclic amines) is 1. The fourth-order valence-electron chi connectivity index (χ4n) is 2.12. The quantitative estimate of drug-likeness (QED) is 0.694. The summed E-state index contributed by atoms with van der Waals surface area (Å²) in [4.78, 5) is 14.0. The Bertz CT molecular complexity index is 233. The zero-order chi connectivity index (χ0) is 12.2. The Morgan fingerprint density at radius 1 is 1.38 bits per heavy atom. The van der Waals surface area contributed by atoms with E-state index in [1.807, 2.05) is 20.8 Å². The van der Waals surface area contributed by atoms with Crippen molar-refractivity contribution in [3.05, 3.63) is 0 Å². The second kappa shape index (κ2) is 5.67.